The number of carbonyl (C=O) groups is 2. The number of thiazole rings is 1. The van der Waals surface area contributed by atoms with Crippen molar-refractivity contribution >= 4 is 34.5 Å². The van der Waals surface area contributed by atoms with Crippen molar-refractivity contribution in [3.05, 3.63) is 37.5 Å². The van der Waals surface area contributed by atoms with Gasteiger partial charge in [-0.15, -0.1) is 22.7 Å². The molecule has 0 saturated heterocycles. The zero-order valence-corrected chi connectivity index (χ0v) is 16.1. The number of carbonyl (C=O) groups excluding carboxylic acids is 2. The molecule has 2 heterocycles. The van der Waals surface area contributed by atoms with E-state index >= 15 is 0 Å². The molecule has 2 aromatic rings. The molecule has 146 valence electrons. The van der Waals surface area contributed by atoms with Crippen molar-refractivity contribution in [1.82, 2.24) is 15.6 Å². The van der Waals surface area contributed by atoms with Gasteiger partial charge in [0.1, 0.15) is 5.01 Å². The van der Waals surface area contributed by atoms with Crippen molar-refractivity contribution in [2.45, 2.75) is 44.8 Å². The molecule has 1 atom stereocenters. The van der Waals surface area contributed by atoms with Gasteiger partial charge in [-0.1, -0.05) is 0 Å². The van der Waals surface area contributed by atoms with E-state index < -0.39 is 23.8 Å². The second-order valence-corrected chi connectivity index (χ2v) is 8.33. The van der Waals surface area contributed by atoms with E-state index in [4.69, 9.17) is 0 Å². The number of nitrogens with zero attached hydrogens (tertiary/aromatic N) is 1. The van der Waals surface area contributed by atoms with Crippen molar-refractivity contribution in [2.75, 3.05) is 6.54 Å². The zero-order chi connectivity index (χ0) is 19.6. The SMILES string of the molecule is C[C@H](NC(=O)CNC(=O)c1cc2c(s1)CCCC2)c1nc(C(F)(F)F)cs1. The van der Waals surface area contributed by atoms with Gasteiger partial charge in [-0.05, 0) is 44.2 Å². The minimum Gasteiger partial charge on any atom is -0.346 e. The van der Waals surface area contributed by atoms with Gasteiger partial charge in [0.2, 0.25) is 5.91 Å². The molecule has 10 heteroatoms. The lowest BCUT2D eigenvalue weighted by Crippen LogP contribution is -2.37. The van der Waals surface area contributed by atoms with Crippen molar-refractivity contribution in [2.24, 2.45) is 0 Å². The minimum absolute atomic E-state index is 0.160. The van der Waals surface area contributed by atoms with Gasteiger partial charge in [0.15, 0.2) is 5.69 Å². The van der Waals surface area contributed by atoms with Crippen LogP contribution in [-0.2, 0) is 23.8 Å². The Morgan fingerprint density at radius 1 is 1.30 bits per heavy atom. The summed E-state index contributed by atoms with van der Waals surface area (Å²) in [6.07, 6.45) is -0.296. The summed E-state index contributed by atoms with van der Waals surface area (Å²) in [5.41, 5.74) is 0.234. The molecule has 0 aliphatic heterocycles. The quantitative estimate of drug-likeness (QED) is 0.779. The molecule has 0 unspecified atom stereocenters. The van der Waals surface area contributed by atoms with E-state index in [0.29, 0.717) is 4.88 Å². The first-order valence-electron chi connectivity index (χ1n) is 8.46. The predicted octanol–water partition coefficient (Wildman–Crippen LogP) is 3.71. The Labute approximate surface area is 162 Å². The van der Waals surface area contributed by atoms with Gasteiger partial charge in [0.25, 0.3) is 5.91 Å². The summed E-state index contributed by atoms with van der Waals surface area (Å²) in [7, 11) is 0. The summed E-state index contributed by atoms with van der Waals surface area (Å²) in [6.45, 7) is 1.30. The number of rotatable bonds is 5. The number of hydrogen-bond donors (Lipinski definition) is 2. The molecule has 0 bridgehead atoms. The second-order valence-electron chi connectivity index (χ2n) is 6.31. The molecule has 0 fully saturated rings. The predicted molar refractivity (Wildman–Crippen MR) is 97.0 cm³/mol. The number of hydrogen-bond acceptors (Lipinski definition) is 5. The smallest absolute Gasteiger partial charge is 0.346 e. The molecule has 5 nitrogen and oxygen atoms in total. The van der Waals surface area contributed by atoms with Crippen LogP contribution in [0.2, 0.25) is 0 Å². The highest BCUT2D eigenvalue weighted by molar-refractivity contribution is 7.14. The van der Waals surface area contributed by atoms with Crippen molar-refractivity contribution < 1.29 is 22.8 Å². The topological polar surface area (TPSA) is 71.1 Å². The number of thiophene rings is 1. The Hall–Kier alpha value is -1.94. The van der Waals surface area contributed by atoms with Crippen LogP contribution in [0.25, 0.3) is 0 Å². The number of alkyl halides is 3. The normalized spacial score (nSPS) is 15.1. The maximum atomic E-state index is 12.6. The van der Waals surface area contributed by atoms with Crippen molar-refractivity contribution in [3.8, 4) is 0 Å². The molecule has 3 rings (SSSR count). The third-order valence-electron chi connectivity index (χ3n) is 4.19. The van der Waals surface area contributed by atoms with Crippen LogP contribution >= 0.6 is 22.7 Å². The Bertz CT molecular complexity index is 821. The van der Waals surface area contributed by atoms with Crippen LogP contribution < -0.4 is 10.6 Å². The van der Waals surface area contributed by atoms with Crippen LogP contribution in [0.4, 0.5) is 13.2 Å². The van der Waals surface area contributed by atoms with E-state index in [0.717, 1.165) is 42.4 Å². The highest BCUT2D eigenvalue weighted by atomic mass is 32.1. The van der Waals surface area contributed by atoms with E-state index in [2.05, 4.69) is 15.6 Å². The fraction of sp³-hybridized carbons (Fsp3) is 0.471. The molecule has 0 radical (unpaired) electrons. The van der Waals surface area contributed by atoms with E-state index in [9.17, 15) is 22.8 Å². The van der Waals surface area contributed by atoms with Gasteiger partial charge >= 0.3 is 6.18 Å². The average molecular weight is 417 g/mol. The molecule has 1 aliphatic rings. The van der Waals surface area contributed by atoms with Gasteiger partial charge in [0.05, 0.1) is 17.5 Å². The maximum absolute atomic E-state index is 12.6. The average Bonchev–Trinajstić information content (AvgIpc) is 3.26. The Morgan fingerprint density at radius 2 is 2.04 bits per heavy atom. The fourth-order valence-corrected chi connectivity index (χ4v) is 4.82. The van der Waals surface area contributed by atoms with Gasteiger partial charge in [-0.2, -0.15) is 13.2 Å². The molecule has 2 amide bonds. The molecule has 2 N–H and O–H groups in total. The standard InChI is InChI=1S/C17H18F3N3O2S2/c1-9(16-23-13(8-26-16)17(18,19)20)22-14(24)7-21-15(25)12-6-10-4-2-3-5-11(10)27-12/h6,8-9H,2-5,7H2,1H3,(H,21,25)(H,22,24)/t9-/m0/s1. The lowest BCUT2D eigenvalue weighted by atomic mass is 9.99. The Morgan fingerprint density at radius 3 is 2.70 bits per heavy atom. The summed E-state index contributed by atoms with van der Waals surface area (Å²) in [6, 6.07) is 1.20. The lowest BCUT2D eigenvalue weighted by Gasteiger charge is -2.11. The summed E-state index contributed by atoms with van der Waals surface area (Å²) < 4.78 is 37.8. The number of fused-ring (bicyclic) bond motifs is 1. The van der Waals surface area contributed by atoms with E-state index in [1.54, 1.807) is 6.92 Å². The van der Waals surface area contributed by atoms with Crippen LogP contribution in [0.1, 0.15) is 56.6 Å². The lowest BCUT2D eigenvalue weighted by molar-refractivity contribution is -0.140. The van der Waals surface area contributed by atoms with Crippen LogP contribution in [0, 0.1) is 0 Å². The largest absolute Gasteiger partial charge is 0.434 e. The molecule has 0 saturated carbocycles. The molecule has 1 aliphatic carbocycles. The van der Waals surface area contributed by atoms with Gasteiger partial charge in [0, 0.05) is 10.3 Å². The summed E-state index contributed by atoms with van der Waals surface area (Å²) >= 11 is 2.28. The number of amides is 2. The first kappa shape index (κ1) is 19.8. The summed E-state index contributed by atoms with van der Waals surface area (Å²) in [5, 5.41) is 6.18. The first-order chi connectivity index (χ1) is 12.7. The minimum atomic E-state index is -4.51. The molecule has 2 aromatic heterocycles. The first-order valence-corrected chi connectivity index (χ1v) is 10.2. The van der Waals surface area contributed by atoms with Gasteiger partial charge in [-0.25, -0.2) is 4.98 Å². The number of nitrogens with one attached hydrogen (secondary N) is 2. The van der Waals surface area contributed by atoms with Crippen molar-refractivity contribution in [1.29, 1.82) is 0 Å². The van der Waals surface area contributed by atoms with E-state index in [1.165, 1.54) is 21.8 Å². The van der Waals surface area contributed by atoms with E-state index in [1.807, 2.05) is 6.07 Å². The second kappa shape index (κ2) is 7.97. The molecule has 0 aromatic carbocycles. The van der Waals surface area contributed by atoms with Crippen LogP contribution in [0.5, 0.6) is 0 Å². The fourth-order valence-electron chi connectivity index (χ4n) is 2.82. The van der Waals surface area contributed by atoms with Gasteiger partial charge < -0.3 is 10.6 Å². The number of aromatic nitrogens is 1. The van der Waals surface area contributed by atoms with Gasteiger partial charge in [-0.3, -0.25) is 9.59 Å². The highest BCUT2D eigenvalue weighted by Gasteiger charge is 2.34. The maximum Gasteiger partial charge on any atom is 0.434 e. The summed E-state index contributed by atoms with van der Waals surface area (Å²) in [5.74, 6) is -0.799. The molecule has 27 heavy (non-hydrogen) atoms. The Balaban J connectivity index is 1.51. The monoisotopic (exact) mass is 417 g/mol. The van der Waals surface area contributed by atoms with Crippen LogP contribution in [0.3, 0.4) is 0 Å². The number of halogens is 3. The third kappa shape index (κ3) is 4.86. The van der Waals surface area contributed by atoms with Crippen molar-refractivity contribution in [3.63, 3.8) is 0 Å². The Kier molecular flexibility index (Phi) is 5.85. The zero-order valence-electron chi connectivity index (χ0n) is 14.5. The van der Waals surface area contributed by atoms with Crippen LogP contribution in [-0.4, -0.2) is 23.3 Å². The third-order valence-corrected chi connectivity index (χ3v) is 6.45. The number of aryl methyl sites for hydroxylation is 2. The van der Waals surface area contributed by atoms with Crippen LogP contribution in [0.15, 0.2) is 11.4 Å². The molecule has 0 spiro atoms. The van der Waals surface area contributed by atoms with E-state index in [-0.39, 0.29) is 17.5 Å². The highest BCUT2D eigenvalue weighted by Crippen LogP contribution is 2.32. The summed E-state index contributed by atoms with van der Waals surface area (Å²) in [4.78, 5) is 29.5. The molecular weight excluding hydrogens is 399 g/mol. The molecular formula is C17H18F3N3O2S2.